The van der Waals surface area contributed by atoms with Crippen molar-refractivity contribution < 1.29 is 4.79 Å². The van der Waals surface area contributed by atoms with Gasteiger partial charge in [-0.05, 0) is 67.8 Å². The van der Waals surface area contributed by atoms with Crippen molar-refractivity contribution in [1.82, 2.24) is 9.97 Å². The summed E-state index contributed by atoms with van der Waals surface area (Å²) in [7, 11) is 0. The van der Waals surface area contributed by atoms with Gasteiger partial charge in [-0.25, -0.2) is 0 Å². The molecule has 0 bridgehead atoms. The predicted molar refractivity (Wildman–Crippen MR) is 138 cm³/mol. The number of hydrogen-bond donors (Lipinski definition) is 2. The van der Waals surface area contributed by atoms with E-state index in [0.29, 0.717) is 0 Å². The number of aryl methyl sites for hydroxylation is 2. The summed E-state index contributed by atoms with van der Waals surface area (Å²) in [6.45, 7) is 9.86. The number of H-pyrrole nitrogens is 1. The van der Waals surface area contributed by atoms with Gasteiger partial charge in [-0.1, -0.05) is 50.3 Å². The van der Waals surface area contributed by atoms with Crippen molar-refractivity contribution in [1.29, 1.82) is 0 Å². The molecule has 166 valence electrons. The molecule has 4 rings (SSSR count). The fraction of sp³-hybridized carbons (Fsp3) is 0.172. The van der Waals surface area contributed by atoms with Crippen LogP contribution in [0.25, 0.3) is 27.6 Å². The van der Waals surface area contributed by atoms with E-state index in [1.165, 1.54) is 17.0 Å². The molecule has 2 aromatic carbocycles. The van der Waals surface area contributed by atoms with E-state index in [2.05, 4.69) is 67.1 Å². The van der Waals surface area contributed by atoms with Gasteiger partial charge in [-0.2, -0.15) is 0 Å². The second kappa shape index (κ2) is 9.70. The van der Waals surface area contributed by atoms with Crippen molar-refractivity contribution >= 4 is 28.1 Å². The van der Waals surface area contributed by atoms with Crippen LogP contribution in [-0.4, -0.2) is 15.9 Å². The monoisotopic (exact) mass is 435 g/mol. The molecule has 0 aliphatic rings. The van der Waals surface area contributed by atoms with E-state index in [1.54, 1.807) is 0 Å². The Kier molecular flexibility index (Phi) is 6.55. The van der Waals surface area contributed by atoms with Crippen LogP contribution in [0.4, 0.5) is 5.69 Å². The first-order chi connectivity index (χ1) is 16.0. The molecular weight excluding hydrogens is 406 g/mol. The van der Waals surface area contributed by atoms with E-state index in [4.69, 9.17) is 4.98 Å². The largest absolute Gasteiger partial charge is 0.355 e. The lowest BCUT2D eigenvalue weighted by atomic mass is 9.96. The van der Waals surface area contributed by atoms with Gasteiger partial charge in [0.1, 0.15) is 0 Å². The molecule has 33 heavy (non-hydrogen) atoms. The third kappa shape index (κ3) is 4.96. The number of rotatable bonds is 7. The predicted octanol–water partition coefficient (Wildman–Crippen LogP) is 7.20. The average Bonchev–Trinajstić information content (AvgIpc) is 3.23. The van der Waals surface area contributed by atoms with Gasteiger partial charge in [0.2, 0.25) is 5.91 Å². The van der Waals surface area contributed by atoms with E-state index in [0.717, 1.165) is 57.7 Å². The molecule has 4 heteroatoms. The molecule has 0 atom stereocenters. The molecule has 2 aromatic heterocycles. The third-order valence-corrected chi connectivity index (χ3v) is 5.73. The minimum atomic E-state index is -0.228. The van der Waals surface area contributed by atoms with Gasteiger partial charge in [0.05, 0.1) is 0 Å². The smallest absolute Gasteiger partial charge is 0.247 e. The van der Waals surface area contributed by atoms with Crippen LogP contribution in [0.1, 0.15) is 42.3 Å². The van der Waals surface area contributed by atoms with E-state index in [-0.39, 0.29) is 5.91 Å². The van der Waals surface area contributed by atoms with Crippen molar-refractivity contribution in [2.75, 3.05) is 5.32 Å². The van der Waals surface area contributed by atoms with Crippen molar-refractivity contribution in [3.8, 4) is 11.1 Å². The zero-order valence-electron chi connectivity index (χ0n) is 19.4. The standard InChI is InChI=1S/C29H29N3O/c1-5-7-11-25(28-17-22-13-12-19(3)14-27(22)32-28)26-16-23(18-30-20(26)4)21-9-8-10-24(15-21)31-29(33)6-2/h6,8-18,32H,2,5,7H2,1,3-4H3,(H,31,33)/b25-11+. The molecule has 0 aliphatic heterocycles. The summed E-state index contributed by atoms with van der Waals surface area (Å²) in [6.07, 6.45) is 7.51. The number of fused-ring (bicyclic) bond motifs is 1. The van der Waals surface area contributed by atoms with Crippen LogP contribution in [0.3, 0.4) is 0 Å². The number of unbranched alkanes of at least 4 members (excludes halogenated alkanes) is 1. The number of benzene rings is 2. The maximum Gasteiger partial charge on any atom is 0.247 e. The number of pyridine rings is 1. The summed E-state index contributed by atoms with van der Waals surface area (Å²) < 4.78 is 0. The van der Waals surface area contributed by atoms with Crippen LogP contribution in [0.15, 0.2) is 79.5 Å². The number of amides is 1. The Hall–Kier alpha value is -3.92. The summed E-state index contributed by atoms with van der Waals surface area (Å²) in [5.74, 6) is -0.228. The van der Waals surface area contributed by atoms with Crippen molar-refractivity contribution in [2.24, 2.45) is 0 Å². The van der Waals surface area contributed by atoms with Crippen molar-refractivity contribution in [3.63, 3.8) is 0 Å². The van der Waals surface area contributed by atoms with Gasteiger partial charge in [-0.15, -0.1) is 0 Å². The summed E-state index contributed by atoms with van der Waals surface area (Å²) in [4.78, 5) is 20.1. The fourth-order valence-corrected chi connectivity index (χ4v) is 3.97. The number of carbonyl (C=O) groups excluding carboxylic acids is 1. The molecule has 0 fully saturated rings. The first-order valence-electron chi connectivity index (χ1n) is 11.3. The molecule has 0 saturated heterocycles. The Morgan fingerprint density at radius 2 is 1.94 bits per heavy atom. The lowest BCUT2D eigenvalue weighted by Gasteiger charge is -2.13. The molecule has 0 aliphatic carbocycles. The SMILES string of the molecule is C=CC(=O)Nc1cccc(-c2cnc(C)c(/C(=C\CCC)c3cc4ccc(C)cc4[nH]3)c2)c1. The number of anilines is 1. The number of nitrogens with one attached hydrogen (secondary N) is 2. The van der Waals surface area contributed by atoms with Gasteiger partial charge in [-0.3, -0.25) is 9.78 Å². The van der Waals surface area contributed by atoms with Crippen LogP contribution in [0.2, 0.25) is 0 Å². The molecule has 1 amide bonds. The Labute approximate surface area is 195 Å². The highest BCUT2D eigenvalue weighted by atomic mass is 16.1. The van der Waals surface area contributed by atoms with Crippen LogP contribution in [0.5, 0.6) is 0 Å². The maximum atomic E-state index is 11.7. The molecule has 4 aromatic rings. The molecule has 0 spiro atoms. The first kappa shape index (κ1) is 22.3. The number of aromatic amines is 1. The number of nitrogens with zero attached hydrogens (tertiary/aromatic N) is 1. The molecule has 0 saturated carbocycles. The fourth-order valence-electron chi connectivity index (χ4n) is 3.97. The van der Waals surface area contributed by atoms with Crippen LogP contribution in [-0.2, 0) is 4.79 Å². The molecule has 2 N–H and O–H groups in total. The zero-order chi connectivity index (χ0) is 23.4. The first-order valence-corrected chi connectivity index (χ1v) is 11.3. The van der Waals surface area contributed by atoms with Gasteiger partial charge >= 0.3 is 0 Å². The van der Waals surface area contributed by atoms with Crippen LogP contribution < -0.4 is 5.32 Å². The van der Waals surface area contributed by atoms with Gasteiger partial charge in [0.15, 0.2) is 0 Å². The lowest BCUT2D eigenvalue weighted by molar-refractivity contribution is -0.111. The van der Waals surface area contributed by atoms with E-state index in [1.807, 2.05) is 37.4 Å². The maximum absolute atomic E-state index is 11.7. The van der Waals surface area contributed by atoms with Crippen molar-refractivity contribution in [2.45, 2.75) is 33.6 Å². The van der Waals surface area contributed by atoms with Gasteiger partial charge < -0.3 is 10.3 Å². The van der Waals surface area contributed by atoms with Crippen molar-refractivity contribution in [3.05, 3.63) is 102 Å². The Balaban J connectivity index is 1.79. The van der Waals surface area contributed by atoms with Crippen LogP contribution >= 0.6 is 0 Å². The quantitative estimate of drug-likeness (QED) is 0.302. The number of aromatic nitrogens is 2. The normalized spacial score (nSPS) is 11.5. The molecular formula is C29H29N3O. The Bertz CT molecular complexity index is 1360. The third-order valence-electron chi connectivity index (χ3n) is 5.73. The van der Waals surface area contributed by atoms with E-state index in [9.17, 15) is 4.79 Å². The average molecular weight is 436 g/mol. The molecule has 4 nitrogen and oxygen atoms in total. The van der Waals surface area contributed by atoms with E-state index >= 15 is 0 Å². The topological polar surface area (TPSA) is 57.8 Å². The molecule has 0 unspecified atom stereocenters. The summed E-state index contributed by atoms with van der Waals surface area (Å²) in [6, 6.07) is 18.7. The number of allylic oxidation sites excluding steroid dienone is 1. The second-order valence-corrected chi connectivity index (χ2v) is 8.31. The highest BCUT2D eigenvalue weighted by Crippen LogP contribution is 2.32. The Morgan fingerprint density at radius 1 is 1.09 bits per heavy atom. The summed E-state index contributed by atoms with van der Waals surface area (Å²) in [5.41, 5.74) is 9.43. The Morgan fingerprint density at radius 3 is 2.73 bits per heavy atom. The number of carbonyl (C=O) groups is 1. The van der Waals surface area contributed by atoms with E-state index < -0.39 is 0 Å². The molecule has 0 radical (unpaired) electrons. The lowest BCUT2D eigenvalue weighted by Crippen LogP contribution is -2.07. The minimum Gasteiger partial charge on any atom is -0.355 e. The minimum absolute atomic E-state index is 0.228. The van der Waals surface area contributed by atoms with Gasteiger partial charge in [0.25, 0.3) is 0 Å². The zero-order valence-corrected chi connectivity index (χ0v) is 19.4. The summed E-state index contributed by atoms with van der Waals surface area (Å²) >= 11 is 0. The highest BCUT2D eigenvalue weighted by molar-refractivity contribution is 5.99. The van der Waals surface area contributed by atoms with Gasteiger partial charge in [0, 0.05) is 50.9 Å². The van der Waals surface area contributed by atoms with Crippen LogP contribution in [0, 0.1) is 13.8 Å². The second-order valence-electron chi connectivity index (χ2n) is 8.31. The highest BCUT2D eigenvalue weighted by Gasteiger charge is 2.14. The summed E-state index contributed by atoms with van der Waals surface area (Å²) in [5, 5.41) is 4.03. The number of hydrogen-bond acceptors (Lipinski definition) is 2. The molecule has 2 heterocycles.